The molecule has 0 amide bonds. The normalized spacial score (nSPS) is 21.7. The number of carboxylic acids is 1. The molecule has 3 heterocycles. The summed E-state index contributed by atoms with van der Waals surface area (Å²) in [6.45, 7) is 0.0835. The van der Waals surface area contributed by atoms with Gasteiger partial charge in [-0.15, -0.1) is 0 Å². The Morgan fingerprint density at radius 2 is 1.88 bits per heavy atom. The summed E-state index contributed by atoms with van der Waals surface area (Å²) in [6, 6.07) is 16.5. The first-order valence-electron chi connectivity index (χ1n) is 12.9. The number of hydrogen-bond donors (Lipinski definition) is 3. The molecule has 220 valence electrons. The van der Waals surface area contributed by atoms with Gasteiger partial charge in [0, 0.05) is 6.42 Å². The average Bonchev–Trinajstić information content (AvgIpc) is 3.53. The van der Waals surface area contributed by atoms with Crippen LogP contribution in [0.2, 0.25) is 5.28 Å². The molecular weight excluding hydrogens is 573 g/mol. The van der Waals surface area contributed by atoms with E-state index in [1.54, 1.807) is 24.3 Å². The number of ether oxygens (including phenoxy) is 3. The topological polar surface area (TPSA) is 172 Å². The van der Waals surface area contributed by atoms with Crippen LogP contribution < -0.4 is 5.73 Å². The van der Waals surface area contributed by atoms with Crippen molar-refractivity contribution in [3.8, 4) is 11.1 Å². The Balaban J connectivity index is 1.39. The van der Waals surface area contributed by atoms with Crippen molar-refractivity contribution in [2.75, 3.05) is 25.6 Å². The van der Waals surface area contributed by atoms with Gasteiger partial charge in [-0.05, 0) is 35.2 Å². The summed E-state index contributed by atoms with van der Waals surface area (Å²) < 4.78 is 33.4. The molecular formula is C28H27ClFN5O7. The second-order valence-corrected chi connectivity index (χ2v) is 10.0. The van der Waals surface area contributed by atoms with Gasteiger partial charge < -0.3 is 30.2 Å². The zero-order chi connectivity index (χ0) is 30.1. The summed E-state index contributed by atoms with van der Waals surface area (Å²) >= 11 is 5.88. The third-order valence-corrected chi connectivity index (χ3v) is 7.23. The lowest BCUT2D eigenvalue weighted by Crippen LogP contribution is -2.54. The molecule has 0 spiro atoms. The number of carboxylic acid groups (broad SMARTS) is 1. The summed E-state index contributed by atoms with van der Waals surface area (Å²) in [5.41, 5.74) is 5.60. The van der Waals surface area contributed by atoms with Crippen molar-refractivity contribution in [2.45, 2.75) is 36.9 Å². The molecule has 4 atom stereocenters. The highest BCUT2D eigenvalue weighted by atomic mass is 35.5. The van der Waals surface area contributed by atoms with Gasteiger partial charge in [0.25, 0.3) is 5.60 Å². The number of imidazole rings is 1. The number of nitrogens with zero attached hydrogens (tertiary/aromatic N) is 4. The quantitative estimate of drug-likeness (QED) is 0.139. The van der Waals surface area contributed by atoms with Crippen LogP contribution >= 0.6 is 11.6 Å². The lowest BCUT2D eigenvalue weighted by molar-refractivity contribution is -0.192. The van der Waals surface area contributed by atoms with Crippen molar-refractivity contribution in [1.29, 1.82) is 0 Å². The number of carbonyl (C=O) groups is 2. The molecule has 2 aromatic carbocycles. The number of aliphatic hydroxyl groups is 1. The van der Waals surface area contributed by atoms with E-state index in [0.717, 1.165) is 22.0 Å². The molecule has 42 heavy (non-hydrogen) atoms. The SMILES string of the molecule is CCOC(=O)C(Cc1ccc(-c2ccccc2)cc1)(OC[C@H]1OC[C@](F)(n2cnc3c(N)nc(Cl)nc32)[C@@H]1O)C(=O)O. The summed E-state index contributed by atoms with van der Waals surface area (Å²) in [5.74, 6) is -5.45. The number of alkyl halides is 1. The number of aliphatic carboxylic acids is 1. The van der Waals surface area contributed by atoms with Gasteiger partial charge in [0.1, 0.15) is 24.3 Å². The second-order valence-electron chi connectivity index (χ2n) is 9.68. The Hall–Kier alpha value is -4.17. The van der Waals surface area contributed by atoms with Crippen molar-refractivity contribution in [2.24, 2.45) is 0 Å². The van der Waals surface area contributed by atoms with E-state index >= 15 is 4.39 Å². The van der Waals surface area contributed by atoms with Gasteiger partial charge in [-0.25, -0.2) is 19.0 Å². The van der Waals surface area contributed by atoms with Gasteiger partial charge in [0.15, 0.2) is 11.5 Å². The third-order valence-electron chi connectivity index (χ3n) is 7.06. The number of fused-ring (bicyclic) bond motifs is 1. The number of halogens is 2. The molecule has 5 rings (SSSR count). The van der Waals surface area contributed by atoms with Crippen LogP contribution in [0.1, 0.15) is 12.5 Å². The average molecular weight is 600 g/mol. The Bertz CT molecular complexity index is 1610. The number of nitrogens with two attached hydrogens (primary N) is 1. The highest BCUT2D eigenvalue weighted by Gasteiger charge is 2.55. The van der Waals surface area contributed by atoms with Crippen LogP contribution in [0.25, 0.3) is 22.3 Å². The smallest absolute Gasteiger partial charge is 0.350 e. The fourth-order valence-corrected chi connectivity index (χ4v) is 4.99. The van der Waals surface area contributed by atoms with E-state index in [1.807, 2.05) is 30.3 Å². The standard InChI is InChI=1S/C28H27ClFN5O7/c1-2-40-25(39)27(24(37)38,12-16-8-10-18(11-9-16)17-6-4-3-5-7-17)42-13-19-21(36)28(30,14-41-19)35-15-32-20-22(31)33-26(29)34-23(20)35/h3-11,15,19,21,36H,2,12-14H2,1H3,(H,37,38)(H2,31,33,34)/t19-,21-,27?,28+/m1/s1. The predicted octanol–water partition coefficient (Wildman–Crippen LogP) is 2.76. The van der Waals surface area contributed by atoms with Crippen molar-refractivity contribution < 1.29 is 38.4 Å². The molecule has 4 N–H and O–H groups in total. The largest absolute Gasteiger partial charge is 0.479 e. The number of esters is 1. The van der Waals surface area contributed by atoms with Gasteiger partial charge in [0.2, 0.25) is 11.1 Å². The van der Waals surface area contributed by atoms with E-state index in [9.17, 15) is 19.8 Å². The molecule has 2 aromatic heterocycles. The maximum absolute atomic E-state index is 16.2. The first kappa shape index (κ1) is 29.3. The molecule has 1 saturated heterocycles. The molecule has 12 nitrogen and oxygen atoms in total. The fourth-order valence-electron chi connectivity index (χ4n) is 4.81. The summed E-state index contributed by atoms with van der Waals surface area (Å²) in [5, 5.41) is 21.0. The Morgan fingerprint density at radius 1 is 1.19 bits per heavy atom. The monoisotopic (exact) mass is 599 g/mol. The molecule has 0 radical (unpaired) electrons. The molecule has 14 heteroatoms. The molecule has 0 saturated carbocycles. The highest BCUT2D eigenvalue weighted by molar-refractivity contribution is 6.28. The van der Waals surface area contributed by atoms with Crippen LogP contribution in [0.15, 0.2) is 60.9 Å². The molecule has 0 bridgehead atoms. The molecule has 1 unspecified atom stereocenters. The van der Waals surface area contributed by atoms with E-state index < -0.39 is 55.2 Å². The summed E-state index contributed by atoms with van der Waals surface area (Å²) in [4.78, 5) is 37.4. The van der Waals surface area contributed by atoms with Crippen LogP contribution in [0.4, 0.5) is 10.2 Å². The lowest BCUT2D eigenvalue weighted by atomic mass is 9.92. The summed E-state index contributed by atoms with van der Waals surface area (Å²) in [6.07, 6.45) is -2.60. The maximum Gasteiger partial charge on any atom is 0.350 e. The molecule has 1 fully saturated rings. The Kier molecular flexibility index (Phi) is 8.10. The minimum absolute atomic E-state index is 0.0637. The Labute approximate surface area is 243 Å². The van der Waals surface area contributed by atoms with Crippen LogP contribution in [0, 0.1) is 0 Å². The van der Waals surface area contributed by atoms with Crippen LogP contribution in [0.5, 0.6) is 0 Å². The number of nitrogen functional groups attached to an aromatic ring is 1. The second kappa shape index (κ2) is 11.6. The maximum atomic E-state index is 16.2. The minimum atomic E-state index is -2.60. The van der Waals surface area contributed by atoms with E-state index in [4.69, 9.17) is 31.5 Å². The van der Waals surface area contributed by atoms with Crippen molar-refractivity contribution in [1.82, 2.24) is 19.5 Å². The number of rotatable bonds is 10. The first-order valence-corrected chi connectivity index (χ1v) is 13.3. The number of aromatic nitrogens is 4. The zero-order valence-electron chi connectivity index (χ0n) is 22.3. The molecule has 1 aliphatic rings. The molecule has 1 aliphatic heterocycles. The van der Waals surface area contributed by atoms with Crippen LogP contribution in [-0.2, 0) is 36.0 Å². The zero-order valence-corrected chi connectivity index (χ0v) is 23.1. The van der Waals surface area contributed by atoms with Gasteiger partial charge in [-0.3, -0.25) is 4.57 Å². The van der Waals surface area contributed by atoms with E-state index in [-0.39, 0.29) is 28.9 Å². The van der Waals surface area contributed by atoms with Gasteiger partial charge >= 0.3 is 11.9 Å². The van der Waals surface area contributed by atoms with E-state index in [1.165, 1.54) is 6.92 Å². The van der Waals surface area contributed by atoms with Crippen LogP contribution in [0.3, 0.4) is 0 Å². The lowest BCUT2D eigenvalue weighted by Gasteiger charge is -2.30. The minimum Gasteiger partial charge on any atom is -0.479 e. The number of anilines is 1. The fraction of sp³-hybridized carbons (Fsp3) is 0.321. The summed E-state index contributed by atoms with van der Waals surface area (Å²) in [7, 11) is 0. The number of aliphatic hydroxyl groups excluding tert-OH is 1. The van der Waals surface area contributed by atoms with Gasteiger partial charge in [0.05, 0.1) is 19.5 Å². The molecule has 0 aliphatic carbocycles. The Morgan fingerprint density at radius 3 is 2.55 bits per heavy atom. The first-order chi connectivity index (χ1) is 20.1. The number of hydrogen-bond acceptors (Lipinski definition) is 10. The van der Waals surface area contributed by atoms with Crippen molar-refractivity contribution in [3.63, 3.8) is 0 Å². The van der Waals surface area contributed by atoms with Crippen LogP contribution in [-0.4, -0.2) is 79.3 Å². The van der Waals surface area contributed by atoms with Crippen molar-refractivity contribution >= 4 is 40.5 Å². The predicted molar refractivity (Wildman–Crippen MR) is 148 cm³/mol. The third kappa shape index (κ3) is 5.27. The van der Waals surface area contributed by atoms with E-state index in [2.05, 4.69) is 15.0 Å². The molecule has 4 aromatic rings. The number of benzene rings is 2. The van der Waals surface area contributed by atoms with Gasteiger partial charge in [-0.2, -0.15) is 9.97 Å². The van der Waals surface area contributed by atoms with Gasteiger partial charge in [-0.1, -0.05) is 54.6 Å². The number of carbonyl (C=O) groups excluding carboxylic acids is 1. The van der Waals surface area contributed by atoms with Crippen molar-refractivity contribution in [3.05, 3.63) is 71.8 Å². The van der Waals surface area contributed by atoms with E-state index in [0.29, 0.717) is 5.56 Å². The highest BCUT2D eigenvalue weighted by Crippen LogP contribution is 2.37.